The van der Waals surface area contributed by atoms with Gasteiger partial charge in [0, 0.05) is 37.3 Å². The molecule has 16 heavy (non-hydrogen) atoms. The highest BCUT2D eigenvalue weighted by molar-refractivity contribution is 5.18. The van der Waals surface area contributed by atoms with Crippen molar-refractivity contribution in [3.8, 4) is 0 Å². The van der Waals surface area contributed by atoms with Crippen LogP contribution in [0.15, 0.2) is 18.2 Å². The van der Waals surface area contributed by atoms with Gasteiger partial charge in [-0.1, -0.05) is 6.07 Å². The van der Waals surface area contributed by atoms with E-state index >= 15 is 0 Å². The third-order valence-electron chi connectivity index (χ3n) is 2.54. The maximum atomic E-state index is 13.4. The molecule has 1 aromatic rings. The van der Waals surface area contributed by atoms with Crippen molar-refractivity contribution in [3.05, 3.63) is 35.4 Å². The lowest BCUT2D eigenvalue weighted by Crippen LogP contribution is -2.35. The standard InChI is InChI=1S/C12H18F2N2/c1-9(2)16(6-5-15)8-10-3-4-11(13)7-12(10)14/h3-4,7,9H,5-6,8,15H2,1-2H3. The fraction of sp³-hybridized carbons (Fsp3) is 0.500. The molecule has 0 heterocycles. The first-order valence-electron chi connectivity index (χ1n) is 5.42. The van der Waals surface area contributed by atoms with Crippen molar-refractivity contribution in [2.24, 2.45) is 5.73 Å². The molecule has 0 saturated heterocycles. The Morgan fingerprint density at radius 2 is 2.00 bits per heavy atom. The van der Waals surface area contributed by atoms with Crippen LogP contribution in [0.5, 0.6) is 0 Å². The monoisotopic (exact) mass is 228 g/mol. The molecule has 0 aliphatic carbocycles. The van der Waals surface area contributed by atoms with Crippen LogP contribution in [0.3, 0.4) is 0 Å². The Kier molecular flexibility index (Phi) is 4.83. The molecule has 0 unspecified atom stereocenters. The van der Waals surface area contributed by atoms with Crippen molar-refractivity contribution in [2.45, 2.75) is 26.4 Å². The fourth-order valence-corrected chi connectivity index (χ4v) is 1.55. The normalized spacial score (nSPS) is 11.4. The molecule has 0 bridgehead atoms. The van der Waals surface area contributed by atoms with Crippen molar-refractivity contribution >= 4 is 0 Å². The van der Waals surface area contributed by atoms with E-state index in [9.17, 15) is 8.78 Å². The molecule has 0 radical (unpaired) electrons. The maximum Gasteiger partial charge on any atom is 0.130 e. The lowest BCUT2D eigenvalue weighted by atomic mass is 10.1. The van der Waals surface area contributed by atoms with Gasteiger partial charge in [0.15, 0.2) is 0 Å². The smallest absolute Gasteiger partial charge is 0.130 e. The fourth-order valence-electron chi connectivity index (χ4n) is 1.55. The number of nitrogens with two attached hydrogens (primary N) is 1. The third-order valence-corrected chi connectivity index (χ3v) is 2.54. The van der Waals surface area contributed by atoms with Gasteiger partial charge in [-0.3, -0.25) is 4.90 Å². The van der Waals surface area contributed by atoms with Crippen LogP contribution in [0.1, 0.15) is 19.4 Å². The second kappa shape index (κ2) is 5.92. The molecule has 0 aromatic heterocycles. The predicted octanol–water partition coefficient (Wildman–Crippen LogP) is 2.13. The zero-order valence-electron chi connectivity index (χ0n) is 9.71. The Hall–Kier alpha value is -1.00. The predicted molar refractivity (Wildman–Crippen MR) is 61.0 cm³/mol. The first-order valence-corrected chi connectivity index (χ1v) is 5.42. The van der Waals surface area contributed by atoms with Crippen LogP contribution >= 0.6 is 0 Å². The summed E-state index contributed by atoms with van der Waals surface area (Å²) in [7, 11) is 0. The summed E-state index contributed by atoms with van der Waals surface area (Å²) in [5.41, 5.74) is 5.99. The summed E-state index contributed by atoms with van der Waals surface area (Å²) in [6, 6.07) is 3.96. The number of hydrogen-bond acceptors (Lipinski definition) is 2. The SMILES string of the molecule is CC(C)N(CCN)Cc1ccc(F)cc1F. The van der Waals surface area contributed by atoms with E-state index in [0.717, 1.165) is 6.07 Å². The third kappa shape index (κ3) is 3.54. The summed E-state index contributed by atoms with van der Waals surface area (Å²) >= 11 is 0. The summed E-state index contributed by atoms with van der Waals surface area (Å²) in [4.78, 5) is 2.05. The van der Waals surface area contributed by atoms with Crippen LogP contribution in [0.2, 0.25) is 0 Å². The van der Waals surface area contributed by atoms with Crippen LogP contribution in [0, 0.1) is 11.6 Å². The van der Waals surface area contributed by atoms with Crippen molar-refractivity contribution in [2.75, 3.05) is 13.1 Å². The van der Waals surface area contributed by atoms with Gasteiger partial charge in [0.2, 0.25) is 0 Å². The molecule has 0 aliphatic rings. The zero-order valence-corrected chi connectivity index (χ0v) is 9.71. The van der Waals surface area contributed by atoms with Gasteiger partial charge >= 0.3 is 0 Å². The van der Waals surface area contributed by atoms with Crippen LogP contribution in [0.4, 0.5) is 8.78 Å². The summed E-state index contributed by atoms with van der Waals surface area (Å²) in [5.74, 6) is -1.04. The molecule has 4 heteroatoms. The average Bonchev–Trinajstić information content (AvgIpc) is 2.20. The van der Waals surface area contributed by atoms with E-state index in [-0.39, 0.29) is 6.04 Å². The molecule has 0 atom stereocenters. The molecule has 1 aromatic carbocycles. The summed E-state index contributed by atoms with van der Waals surface area (Å²) in [6.45, 7) is 5.74. The van der Waals surface area contributed by atoms with Gasteiger partial charge in [-0.25, -0.2) is 8.78 Å². The van der Waals surface area contributed by atoms with E-state index in [1.165, 1.54) is 12.1 Å². The lowest BCUT2D eigenvalue weighted by molar-refractivity contribution is 0.216. The van der Waals surface area contributed by atoms with Crippen LogP contribution < -0.4 is 5.73 Å². The quantitative estimate of drug-likeness (QED) is 0.836. The van der Waals surface area contributed by atoms with E-state index < -0.39 is 11.6 Å². The average molecular weight is 228 g/mol. The van der Waals surface area contributed by atoms with Crippen LogP contribution in [0.25, 0.3) is 0 Å². The molecule has 90 valence electrons. The maximum absolute atomic E-state index is 13.4. The van der Waals surface area contributed by atoms with Crippen molar-refractivity contribution in [1.82, 2.24) is 4.90 Å². The molecule has 2 nitrogen and oxygen atoms in total. The summed E-state index contributed by atoms with van der Waals surface area (Å²) in [5, 5.41) is 0. The molecule has 0 spiro atoms. The van der Waals surface area contributed by atoms with E-state index in [2.05, 4.69) is 4.90 Å². The van der Waals surface area contributed by atoms with Gasteiger partial charge in [-0.15, -0.1) is 0 Å². The van der Waals surface area contributed by atoms with E-state index in [1.54, 1.807) is 0 Å². The minimum atomic E-state index is -0.545. The zero-order chi connectivity index (χ0) is 12.1. The molecule has 0 saturated carbocycles. The highest BCUT2D eigenvalue weighted by Crippen LogP contribution is 2.13. The van der Waals surface area contributed by atoms with Gasteiger partial charge in [-0.2, -0.15) is 0 Å². The largest absolute Gasteiger partial charge is 0.329 e. The number of hydrogen-bond donors (Lipinski definition) is 1. The highest BCUT2D eigenvalue weighted by atomic mass is 19.1. The van der Waals surface area contributed by atoms with Crippen molar-refractivity contribution < 1.29 is 8.78 Å². The molecule has 2 N–H and O–H groups in total. The number of rotatable bonds is 5. The summed E-state index contributed by atoms with van der Waals surface area (Å²) < 4.78 is 26.1. The Morgan fingerprint density at radius 3 is 2.50 bits per heavy atom. The van der Waals surface area contributed by atoms with E-state index in [0.29, 0.717) is 25.2 Å². The molecule has 1 rings (SSSR count). The van der Waals surface area contributed by atoms with Gasteiger partial charge in [0.25, 0.3) is 0 Å². The molecular weight excluding hydrogens is 210 g/mol. The lowest BCUT2D eigenvalue weighted by Gasteiger charge is -2.26. The van der Waals surface area contributed by atoms with E-state index in [4.69, 9.17) is 5.73 Å². The minimum absolute atomic E-state index is 0.285. The molecule has 0 fully saturated rings. The number of halogens is 2. The van der Waals surface area contributed by atoms with Crippen LogP contribution in [-0.2, 0) is 6.54 Å². The van der Waals surface area contributed by atoms with Gasteiger partial charge in [0.1, 0.15) is 11.6 Å². The Bertz CT molecular complexity index is 340. The van der Waals surface area contributed by atoms with Crippen molar-refractivity contribution in [3.63, 3.8) is 0 Å². The first kappa shape index (κ1) is 13.1. The van der Waals surface area contributed by atoms with Gasteiger partial charge in [-0.05, 0) is 19.9 Å². The molecule has 0 amide bonds. The molecule has 0 aliphatic heterocycles. The Morgan fingerprint density at radius 1 is 1.31 bits per heavy atom. The second-order valence-corrected chi connectivity index (χ2v) is 4.09. The topological polar surface area (TPSA) is 29.3 Å². The second-order valence-electron chi connectivity index (χ2n) is 4.09. The Labute approximate surface area is 95.1 Å². The Balaban J connectivity index is 2.77. The highest BCUT2D eigenvalue weighted by Gasteiger charge is 2.12. The van der Waals surface area contributed by atoms with Gasteiger partial charge < -0.3 is 5.73 Å². The number of benzene rings is 1. The van der Waals surface area contributed by atoms with Gasteiger partial charge in [0.05, 0.1) is 0 Å². The van der Waals surface area contributed by atoms with Crippen molar-refractivity contribution in [1.29, 1.82) is 0 Å². The molecular formula is C12H18F2N2. The van der Waals surface area contributed by atoms with Crippen LogP contribution in [-0.4, -0.2) is 24.0 Å². The minimum Gasteiger partial charge on any atom is -0.329 e. The number of nitrogens with zero attached hydrogens (tertiary/aromatic N) is 1. The first-order chi connectivity index (χ1) is 7.54. The van der Waals surface area contributed by atoms with E-state index in [1.807, 2.05) is 13.8 Å². The summed E-state index contributed by atoms with van der Waals surface area (Å²) in [6.07, 6.45) is 0.